The number of rotatable bonds is 2. The number of fused-ring (bicyclic) bond motifs is 1. The molecule has 1 atom stereocenters. The van der Waals surface area contributed by atoms with E-state index in [9.17, 15) is 4.79 Å². The van der Waals surface area contributed by atoms with E-state index in [1.54, 1.807) is 11.3 Å². The molecule has 1 aromatic heterocycles. The fourth-order valence-electron chi connectivity index (χ4n) is 3.62. The number of carbonyl (C=O) groups is 1. The fourth-order valence-corrected chi connectivity index (χ4v) is 4.83. The third-order valence-corrected chi connectivity index (χ3v) is 6.59. The Balaban J connectivity index is 1.53. The summed E-state index contributed by atoms with van der Waals surface area (Å²) in [5, 5.41) is 1.75. The highest BCUT2D eigenvalue weighted by atomic mass is 35.5. The van der Waals surface area contributed by atoms with E-state index in [1.807, 2.05) is 24.0 Å². The minimum Gasteiger partial charge on any atom is -0.378 e. The van der Waals surface area contributed by atoms with Crippen LogP contribution in [0.5, 0.6) is 0 Å². The molecule has 0 bridgehead atoms. The lowest BCUT2D eigenvalue weighted by molar-refractivity contribution is -0.139. The van der Waals surface area contributed by atoms with E-state index in [0.717, 1.165) is 51.9 Å². The second-order valence-electron chi connectivity index (χ2n) is 6.74. The van der Waals surface area contributed by atoms with E-state index in [0.29, 0.717) is 26.3 Å². The molecule has 2 saturated heterocycles. The van der Waals surface area contributed by atoms with Crippen LogP contribution in [0.3, 0.4) is 0 Å². The number of morpholine rings is 1. The molecule has 4 rings (SSSR count). The molecule has 0 spiro atoms. The van der Waals surface area contributed by atoms with E-state index in [2.05, 4.69) is 4.90 Å². The van der Waals surface area contributed by atoms with Gasteiger partial charge in [-0.15, -0.1) is 0 Å². The van der Waals surface area contributed by atoms with Gasteiger partial charge in [0.1, 0.15) is 0 Å². The molecule has 3 heterocycles. The Morgan fingerprint density at radius 2 is 2.12 bits per heavy atom. The van der Waals surface area contributed by atoms with Crippen molar-refractivity contribution in [2.24, 2.45) is 5.92 Å². The largest absolute Gasteiger partial charge is 0.378 e. The highest BCUT2D eigenvalue weighted by Crippen LogP contribution is 2.35. The Morgan fingerprint density at radius 1 is 1.32 bits per heavy atom. The predicted molar refractivity (Wildman–Crippen MR) is 102 cm³/mol. The minimum absolute atomic E-state index is 0.0588. The number of piperidine rings is 1. The van der Waals surface area contributed by atoms with Crippen LogP contribution in [0.25, 0.3) is 10.2 Å². The lowest BCUT2D eigenvalue weighted by atomic mass is 9.96. The van der Waals surface area contributed by atoms with Gasteiger partial charge in [-0.3, -0.25) is 4.79 Å². The van der Waals surface area contributed by atoms with Crippen LogP contribution < -0.4 is 4.90 Å². The number of aryl methyl sites for hydroxylation is 1. The van der Waals surface area contributed by atoms with Crippen molar-refractivity contribution < 1.29 is 9.53 Å². The number of thiazole rings is 1. The zero-order chi connectivity index (χ0) is 17.4. The van der Waals surface area contributed by atoms with Crippen LogP contribution in [0.1, 0.15) is 18.4 Å². The summed E-state index contributed by atoms with van der Waals surface area (Å²) < 4.78 is 6.51. The highest BCUT2D eigenvalue weighted by molar-refractivity contribution is 7.22. The smallest absolute Gasteiger partial charge is 0.227 e. The summed E-state index contributed by atoms with van der Waals surface area (Å²) in [5.41, 5.74) is 2.01. The van der Waals surface area contributed by atoms with Gasteiger partial charge in [-0.25, -0.2) is 4.98 Å². The summed E-state index contributed by atoms with van der Waals surface area (Å²) in [6, 6.07) is 3.97. The van der Waals surface area contributed by atoms with Gasteiger partial charge in [-0.2, -0.15) is 0 Å². The zero-order valence-electron chi connectivity index (χ0n) is 14.3. The molecule has 5 nitrogen and oxygen atoms in total. The van der Waals surface area contributed by atoms with Gasteiger partial charge in [0.2, 0.25) is 5.91 Å². The predicted octanol–water partition coefficient (Wildman–Crippen LogP) is 3.33. The maximum atomic E-state index is 12.8. The standard InChI is InChI=1S/C18H22ClN3O2S/c1-12-14(19)4-5-15-16(12)20-18(25-15)22-6-2-3-13(11-22)17(23)21-7-9-24-10-8-21/h4-5,13H,2-3,6-11H2,1H3. The van der Waals surface area contributed by atoms with Crippen LogP contribution in [0, 0.1) is 12.8 Å². The number of nitrogens with zero attached hydrogens (tertiary/aromatic N) is 3. The summed E-state index contributed by atoms with van der Waals surface area (Å²) in [4.78, 5) is 21.9. The first-order chi connectivity index (χ1) is 12.1. The summed E-state index contributed by atoms with van der Waals surface area (Å²) in [7, 11) is 0. The Labute approximate surface area is 156 Å². The molecule has 0 saturated carbocycles. The molecule has 25 heavy (non-hydrogen) atoms. The molecule has 0 aliphatic carbocycles. The fraction of sp³-hybridized carbons (Fsp3) is 0.556. The number of hydrogen-bond acceptors (Lipinski definition) is 5. The number of halogens is 1. The molecule has 134 valence electrons. The van der Waals surface area contributed by atoms with Crippen LogP contribution in [0.2, 0.25) is 5.02 Å². The Bertz CT molecular complexity index is 788. The summed E-state index contributed by atoms with van der Waals surface area (Å²) >= 11 is 7.91. The van der Waals surface area contributed by atoms with Gasteiger partial charge >= 0.3 is 0 Å². The molecule has 0 N–H and O–H groups in total. The molecular weight excluding hydrogens is 358 g/mol. The quantitative estimate of drug-likeness (QED) is 0.802. The number of ether oxygens (including phenoxy) is 1. The highest BCUT2D eigenvalue weighted by Gasteiger charge is 2.31. The molecule has 7 heteroatoms. The number of benzene rings is 1. The first-order valence-corrected chi connectivity index (χ1v) is 10.00. The topological polar surface area (TPSA) is 45.7 Å². The van der Waals surface area contributed by atoms with Crippen LogP contribution in [-0.2, 0) is 9.53 Å². The van der Waals surface area contributed by atoms with E-state index >= 15 is 0 Å². The van der Waals surface area contributed by atoms with Gasteiger partial charge in [0, 0.05) is 31.2 Å². The molecule has 1 amide bonds. The second kappa shape index (κ2) is 7.09. The number of amides is 1. The van der Waals surface area contributed by atoms with Crippen LogP contribution in [0.15, 0.2) is 12.1 Å². The first kappa shape index (κ1) is 17.1. The lowest BCUT2D eigenvalue weighted by Gasteiger charge is -2.36. The molecule has 1 aromatic carbocycles. The normalized spacial score (nSPS) is 21.8. The van der Waals surface area contributed by atoms with Crippen molar-refractivity contribution in [2.75, 3.05) is 44.3 Å². The Kier molecular flexibility index (Phi) is 4.84. The molecule has 2 fully saturated rings. The zero-order valence-corrected chi connectivity index (χ0v) is 15.9. The third-order valence-electron chi connectivity index (χ3n) is 5.10. The number of aromatic nitrogens is 1. The van der Waals surface area contributed by atoms with Crippen molar-refractivity contribution in [1.29, 1.82) is 0 Å². The average molecular weight is 380 g/mol. The van der Waals surface area contributed by atoms with E-state index in [-0.39, 0.29) is 11.8 Å². The van der Waals surface area contributed by atoms with E-state index in [4.69, 9.17) is 21.3 Å². The lowest BCUT2D eigenvalue weighted by Crippen LogP contribution is -2.48. The number of carbonyl (C=O) groups excluding carboxylic acids is 1. The molecule has 0 radical (unpaired) electrons. The number of hydrogen-bond donors (Lipinski definition) is 0. The number of anilines is 1. The summed E-state index contributed by atoms with van der Waals surface area (Å²) in [6.07, 6.45) is 1.98. The van der Waals surface area contributed by atoms with Crippen molar-refractivity contribution in [3.8, 4) is 0 Å². The van der Waals surface area contributed by atoms with Gasteiger partial charge in [0.25, 0.3) is 0 Å². The molecule has 1 unspecified atom stereocenters. The van der Waals surface area contributed by atoms with Crippen LogP contribution in [0.4, 0.5) is 5.13 Å². The maximum absolute atomic E-state index is 12.8. The molecule has 2 aromatic rings. The average Bonchev–Trinajstić information content (AvgIpc) is 3.10. The second-order valence-corrected chi connectivity index (χ2v) is 8.15. The Hall–Kier alpha value is -1.37. The molecule has 2 aliphatic heterocycles. The van der Waals surface area contributed by atoms with Crippen molar-refractivity contribution in [1.82, 2.24) is 9.88 Å². The summed E-state index contributed by atoms with van der Waals surface area (Å²) in [5.74, 6) is 0.330. The monoisotopic (exact) mass is 379 g/mol. The van der Waals surface area contributed by atoms with Crippen LogP contribution in [-0.4, -0.2) is 55.2 Å². The molecular formula is C18H22ClN3O2S. The van der Waals surface area contributed by atoms with Gasteiger partial charge in [-0.1, -0.05) is 22.9 Å². The summed E-state index contributed by atoms with van der Waals surface area (Å²) in [6.45, 7) is 6.46. The van der Waals surface area contributed by atoms with Crippen molar-refractivity contribution >= 4 is 44.2 Å². The van der Waals surface area contributed by atoms with Gasteiger partial charge < -0.3 is 14.5 Å². The van der Waals surface area contributed by atoms with Crippen molar-refractivity contribution in [3.63, 3.8) is 0 Å². The maximum Gasteiger partial charge on any atom is 0.227 e. The van der Waals surface area contributed by atoms with Crippen molar-refractivity contribution in [3.05, 3.63) is 22.7 Å². The van der Waals surface area contributed by atoms with Gasteiger partial charge in [-0.05, 0) is 37.5 Å². The van der Waals surface area contributed by atoms with E-state index in [1.165, 1.54) is 0 Å². The minimum atomic E-state index is 0.0588. The van der Waals surface area contributed by atoms with Crippen LogP contribution >= 0.6 is 22.9 Å². The van der Waals surface area contributed by atoms with E-state index < -0.39 is 0 Å². The Morgan fingerprint density at radius 3 is 2.92 bits per heavy atom. The van der Waals surface area contributed by atoms with Gasteiger partial charge in [0.05, 0.1) is 29.3 Å². The first-order valence-electron chi connectivity index (χ1n) is 8.80. The SMILES string of the molecule is Cc1c(Cl)ccc2sc(N3CCCC(C(=O)N4CCOCC4)C3)nc12. The third kappa shape index (κ3) is 3.35. The van der Waals surface area contributed by atoms with Crippen molar-refractivity contribution in [2.45, 2.75) is 19.8 Å². The molecule has 2 aliphatic rings. The van der Waals surface area contributed by atoms with Gasteiger partial charge in [0.15, 0.2) is 5.13 Å².